The van der Waals surface area contributed by atoms with E-state index in [2.05, 4.69) is 27.4 Å². The highest BCUT2D eigenvalue weighted by Gasteiger charge is 2.03. The van der Waals surface area contributed by atoms with Crippen LogP contribution in [0.4, 0.5) is 10.2 Å². The number of aromatic nitrogens is 3. The van der Waals surface area contributed by atoms with E-state index < -0.39 is 0 Å². The summed E-state index contributed by atoms with van der Waals surface area (Å²) in [5.74, 6) is 0.434. The number of nitrogens with one attached hydrogen (secondary N) is 1. The first-order chi connectivity index (χ1) is 10.7. The molecule has 0 saturated heterocycles. The van der Waals surface area contributed by atoms with Gasteiger partial charge in [0.05, 0.1) is 12.2 Å². The number of nitrogens with zero attached hydrogens (tertiary/aromatic N) is 3. The second-order valence-electron chi connectivity index (χ2n) is 4.74. The van der Waals surface area contributed by atoms with Gasteiger partial charge in [-0.15, -0.1) is 21.5 Å². The van der Waals surface area contributed by atoms with Gasteiger partial charge in [-0.2, -0.15) is 0 Å². The highest BCUT2D eigenvalue weighted by atomic mass is 32.1. The van der Waals surface area contributed by atoms with E-state index in [1.54, 1.807) is 23.5 Å². The van der Waals surface area contributed by atoms with Crippen molar-refractivity contribution >= 4 is 17.2 Å². The summed E-state index contributed by atoms with van der Waals surface area (Å²) in [6.07, 6.45) is 2.91. The van der Waals surface area contributed by atoms with Crippen LogP contribution in [0.15, 0.2) is 42.6 Å². The molecule has 0 amide bonds. The van der Waals surface area contributed by atoms with Crippen LogP contribution in [0.3, 0.4) is 0 Å². The van der Waals surface area contributed by atoms with Crippen LogP contribution in [0.5, 0.6) is 0 Å². The number of anilines is 1. The Morgan fingerprint density at radius 3 is 2.55 bits per heavy atom. The Hall–Kier alpha value is -2.34. The van der Waals surface area contributed by atoms with Crippen molar-refractivity contribution in [3.8, 4) is 11.3 Å². The predicted molar refractivity (Wildman–Crippen MR) is 86.2 cm³/mol. The fourth-order valence-corrected chi connectivity index (χ4v) is 2.76. The molecule has 22 heavy (non-hydrogen) atoms. The van der Waals surface area contributed by atoms with Gasteiger partial charge in [-0.1, -0.05) is 6.92 Å². The SMILES string of the molecule is CCc1cnc(CNc2ccc(-c3ccc(F)cc3)nn2)s1. The molecule has 0 unspecified atom stereocenters. The Morgan fingerprint density at radius 1 is 1.09 bits per heavy atom. The topological polar surface area (TPSA) is 50.7 Å². The Balaban J connectivity index is 1.65. The van der Waals surface area contributed by atoms with Crippen molar-refractivity contribution < 1.29 is 4.39 Å². The van der Waals surface area contributed by atoms with E-state index in [9.17, 15) is 4.39 Å². The molecule has 112 valence electrons. The first-order valence-electron chi connectivity index (χ1n) is 7.01. The van der Waals surface area contributed by atoms with E-state index in [1.165, 1.54) is 17.0 Å². The van der Waals surface area contributed by atoms with Gasteiger partial charge in [0.1, 0.15) is 16.6 Å². The van der Waals surface area contributed by atoms with Gasteiger partial charge in [0.25, 0.3) is 0 Å². The zero-order valence-corrected chi connectivity index (χ0v) is 12.9. The van der Waals surface area contributed by atoms with Gasteiger partial charge in [0.15, 0.2) is 0 Å². The third-order valence-corrected chi connectivity index (χ3v) is 4.32. The van der Waals surface area contributed by atoms with E-state index in [4.69, 9.17) is 0 Å². The third-order valence-electron chi connectivity index (χ3n) is 3.18. The highest BCUT2D eigenvalue weighted by Crippen LogP contribution is 2.18. The molecule has 0 spiro atoms. The molecule has 4 nitrogen and oxygen atoms in total. The Labute approximate surface area is 132 Å². The average Bonchev–Trinajstić information content (AvgIpc) is 3.02. The van der Waals surface area contributed by atoms with Crippen LogP contribution in [0.1, 0.15) is 16.8 Å². The van der Waals surface area contributed by atoms with Crippen LogP contribution in [-0.2, 0) is 13.0 Å². The summed E-state index contributed by atoms with van der Waals surface area (Å²) >= 11 is 1.70. The number of hydrogen-bond donors (Lipinski definition) is 1. The lowest BCUT2D eigenvalue weighted by Gasteiger charge is -2.04. The van der Waals surface area contributed by atoms with E-state index in [-0.39, 0.29) is 5.82 Å². The van der Waals surface area contributed by atoms with Crippen LogP contribution in [0, 0.1) is 5.82 Å². The molecule has 0 bridgehead atoms. The van der Waals surface area contributed by atoms with Gasteiger partial charge in [-0.05, 0) is 42.8 Å². The summed E-state index contributed by atoms with van der Waals surface area (Å²) in [5, 5.41) is 12.5. The molecular weight excluding hydrogens is 299 g/mol. The molecule has 6 heteroatoms. The second kappa shape index (κ2) is 6.62. The van der Waals surface area contributed by atoms with E-state index in [0.717, 1.165) is 17.0 Å². The Bertz CT molecular complexity index is 738. The number of thiazole rings is 1. The van der Waals surface area contributed by atoms with Crippen molar-refractivity contribution in [1.29, 1.82) is 0 Å². The Kier molecular flexibility index (Phi) is 4.39. The molecule has 1 aromatic carbocycles. The van der Waals surface area contributed by atoms with Gasteiger partial charge in [0.2, 0.25) is 0 Å². The van der Waals surface area contributed by atoms with E-state index in [0.29, 0.717) is 18.1 Å². The van der Waals surface area contributed by atoms with Gasteiger partial charge in [-0.25, -0.2) is 9.37 Å². The van der Waals surface area contributed by atoms with E-state index >= 15 is 0 Å². The quantitative estimate of drug-likeness (QED) is 0.775. The molecule has 2 aromatic heterocycles. The zero-order valence-electron chi connectivity index (χ0n) is 12.1. The van der Waals surface area contributed by atoms with Gasteiger partial charge in [-0.3, -0.25) is 0 Å². The van der Waals surface area contributed by atoms with Crippen LogP contribution >= 0.6 is 11.3 Å². The molecule has 3 aromatic rings. The maximum Gasteiger partial charge on any atom is 0.149 e. The fraction of sp³-hybridized carbons (Fsp3) is 0.188. The molecule has 0 saturated carbocycles. The summed E-state index contributed by atoms with van der Waals surface area (Å²) in [5.41, 5.74) is 1.56. The lowest BCUT2D eigenvalue weighted by Crippen LogP contribution is -2.02. The van der Waals surface area contributed by atoms with Crippen molar-refractivity contribution in [3.63, 3.8) is 0 Å². The van der Waals surface area contributed by atoms with Crippen LogP contribution < -0.4 is 5.32 Å². The monoisotopic (exact) mass is 314 g/mol. The maximum atomic E-state index is 12.9. The summed E-state index contributed by atoms with van der Waals surface area (Å²) in [6, 6.07) is 9.93. The smallest absolute Gasteiger partial charge is 0.149 e. The van der Waals surface area contributed by atoms with Crippen molar-refractivity contribution in [2.75, 3.05) is 5.32 Å². The predicted octanol–water partition coefficient (Wildman–Crippen LogP) is 3.91. The highest BCUT2D eigenvalue weighted by molar-refractivity contribution is 7.11. The van der Waals surface area contributed by atoms with Crippen molar-refractivity contribution in [2.24, 2.45) is 0 Å². The van der Waals surface area contributed by atoms with Crippen LogP contribution in [0.25, 0.3) is 11.3 Å². The molecule has 0 radical (unpaired) electrons. The molecule has 2 heterocycles. The summed E-state index contributed by atoms with van der Waals surface area (Å²) < 4.78 is 12.9. The normalized spacial score (nSPS) is 10.6. The Morgan fingerprint density at radius 2 is 1.91 bits per heavy atom. The van der Waals surface area contributed by atoms with Crippen molar-refractivity contribution in [2.45, 2.75) is 19.9 Å². The maximum absolute atomic E-state index is 12.9. The van der Waals surface area contributed by atoms with Crippen molar-refractivity contribution in [1.82, 2.24) is 15.2 Å². The number of aryl methyl sites for hydroxylation is 1. The molecule has 0 aliphatic heterocycles. The molecule has 0 aliphatic rings. The van der Waals surface area contributed by atoms with Crippen LogP contribution in [0.2, 0.25) is 0 Å². The van der Waals surface area contributed by atoms with Gasteiger partial charge < -0.3 is 5.32 Å². The van der Waals surface area contributed by atoms with Gasteiger partial charge in [0, 0.05) is 16.6 Å². The standard InChI is InChI=1S/C16H15FN4S/c1-2-13-9-19-16(22-13)10-18-15-8-7-14(20-21-15)11-3-5-12(17)6-4-11/h3-9H,2,10H2,1H3,(H,18,21). The van der Waals surface area contributed by atoms with Crippen LogP contribution in [-0.4, -0.2) is 15.2 Å². The number of halogens is 1. The molecule has 1 N–H and O–H groups in total. The summed E-state index contributed by atoms with van der Waals surface area (Å²) in [7, 11) is 0. The largest absolute Gasteiger partial charge is 0.362 e. The molecule has 3 rings (SSSR count). The first kappa shape index (κ1) is 14.6. The number of benzene rings is 1. The second-order valence-corrected chi connectivity index (χ2v) is 5.94. The lowest BCUT2D eigenvalue weighted by molar-refractivity contribution is 0.628. The average molecular weight is 314 g/mol. The molecule has 0 aliphatic carbocycles. The molecular formula is C16H15FN4S. The minimum atomic E-state index is -0.259. The molecule has 0 fully saturated rings. The molecule has 0 atom stereocenters. The summed E-state index contributed by atoms with van der Waals surface area (Å²) in [4.78, 5) is 5.62. The first-order valence-corrected chi connectivity index (χ1v) is 7.83. The number of hydrogen-bond acceptors (Lipinski definition) is 5. The summed E-state index contributed by atoms with van der Waals surface area (Å²) in [6.45, 7) is 2.75. The zero-order chi connectivity index (χ0) is 15.4. The number of rotatable bonds is 5. The van der Waals surface area contributed by atoms with E-state index in [1.807, 2.05) is 18.3 Å². The third kappa shape index (κ3) is 3.46. The van der Waals surface area contributed by atoms with Crippen molar-refractivity contribution in [3.05, 3.63) is 58.3 Å². The minimum Gasteiger partial charge on any atom is -0.362 e. The fourth-order valence-electron chi connectivity index (χ4n) is 1.96. The lowest BCUT2D eigenvalue weighted by atomic mass is 10.1. The van der Waals surface area contributed by atoms with Gasteiger partial charge >= 0.3 is 0 Å². The minimum absolute atomic E-state index is 0.259.